The van der Waals surface area contributed by atoms with E-state index in [1.807, 2.05) is 20.8 Å². The van der Waals surface area contributed by atoms with Crippen LogP contribution in [-0.4, -0.2) is 26.7 Å². The number of nitrogens with two attached hydrogens (primary N) is 1. The van der Waals surface area contributed by atoms with Crippen LogP contribution in [-0.2, 0) is 16.8 Å². The fraction of sp³-hybridized carbons (Fsp3) is 0.583. The Kier molecular flexibility index (Phi) is 3.96. The average molecular weight is 265 g/mol. The number of nitrogens with one attached hydrogen (secondary N) is 1. The van der Waals surface area contributed by atoms with Gasteiger partial charge in [0.1, 0.15) is 5.60 Å². The molecular formula is C12H19N5O2. The van der Waals surface area contributed by atoms with Crippen LogP contribution in [0.5, 0.6) is 0 Å². The zero-order valence-electron chi connectivity index (χ0n) is 11.4. The summed E-state index contributed by atoms with van der Waals surface area (Å²) in [6, 6.07) is -0.362. The van der Waals surface area contributed by atoms with E-state index in [4.69, 9.17) is 15.0 Å². The highest BCUT2D eigenvalue weighted by molar-refractivity contribution is 5.04. The van der Waals surface area contributed by atoms with Crippen LogP contribution in [0.15, 0.2) is 17.0 Å². The standard InChI is InChI=1S/C12H19N5O2/c1-4-18-12(2,3)11-16-10(19-17-11)9(13)5-8-6-14-7-15-8/h6-7,9H,4-5,13H2,1-3H3,(H,14,15)/t9-/m0/s1. The lowest BCUT2D eigenvalue weighted by atomic mass is 10.1. The topological polar surface area (TPSA) is 103 Å². The Bertz CT molecular complexity index is 506. The molecule has 0 amide bonds. The minimum atomic E-state index is -0.579. The van der Waals surface area contributed by atoms with E-state index in [0.29, 0.717) is 24.7 Å². The van der Waals surface area contributed by atoms with Crippen molar-refractivity contribution >= 4 is 0 Å². The number of nitrogens with zero attached hydrogens (tertiary/aromatic N) is 3. The number of aromatic amines is 1. The maximum Gasteiger partial charge on any atom is 0.244 e. The molecule has 0 aliphatic rings. The first-order valence-corrected chi connectivity index (χ1v) is 6.23. The van der Waals surface area contributed by atoms with Crippen molar-refractivity contribution in [2.24, 2.45) is 5.73 Å². The van der Waals surface area contributed by atoms with Gasteiger partial charge in [0, 0.05) is 24.9 Å². The number of rotatable bonds is 6. The molecule has 0 bridgehead atoms. The van der Waals surface area contributed by atoms with Crippen LogP contribution in [0.2, 0.25) is 0 Å². The summed E-state index contributed by atoms with van der Waals surface area (Å²) in [5.74, 6) is 0.904. The van der Waals surface area contributed by atoms with E-state index in [-0.39, 0.29) is 6.04 Å². The maximum atomic E-state index is 6.03. The summed E-state index contributed by atoms with van der Waals surface area (Å²) in [5.41, 5.74) is 6.38. The molecule has 0 aromatic carbocycles. The van der Waals surface area contributed by atoms with Crippen molar-refractivity contribution in [3.8, 4) is 0 Å². The predicted molar refractivity (Wildman–Crippen MR) is 68.2 cm³/mol. The van der Waals surface area contributed by atoms with E-state index in [1.165, 1.54) is 0 Å². The van der Waals surface area contributed by atoms with Crippen molar-refractivity contribution in [3.63, 3.8) is 0 Å². The van der Waals surface area contributed by atoms with Gasteiger partial charge < -0.3 is 20.0 Å². The lowest BCUT2D eigenvalue weighted by Crippen LogP contribution is -2.23. The van der Waals surface area contributed by atoms with Crippen LogP contribution in [0, 0.1) is 0 Å². The number of imidazole rings is 1. The van der Waals surface area contributed by atoms with E-state index >= 15 is 0 Å². The van der Waals surface area contributed by atoms with Gasteiger partial charge in [-0.3, -0.25) is 0 Å². The maximum absolute atomic E-state index is 6.03. The summed E-state index contributed by atoms with van der Waals surface area (Å²) in [6.45, 7) is 6.29. The molecule has 0 unspecified atom stereocenters. The van der Waals surface area contributed by atoms with Gasteiger partial charge in [0.05, 0.1) is 12.4 Å². The van der Waals surface area contributed by atoms with E-state index in [9.17, 15) is 0 Å². The Balaban J connectivity index is 2.08. The lowest BCUT2D eigenvalue weighted by Gasteiger charge is -2.19. The average Bonchev–Trinajstić information content (AvgIpc) is 2.99. The molecule has 0 fully saturated rings. The van der Waals surface area contributed by atoms with Crippen molar-refractivity contribution in [1.29, 1.82) is 0 Å². The van der Waals surface area contributed by atoms with Gasteiger partial charge in [-0.15, -0.1) is 0 Å². The highest BCUT2D eigenvalue weighted by atomic mass is 16.5. The molecule has 0 spiro atoms. The predicted octanol–water partition coefficient (Wildman–Crippen LogP) is 1.31. The number of aromatic nitrogens is 4. The van der Waals surface area contributed by atoms with E-state index in [0.717, 1.165) is 5.69 Å². The minimum absolute atomic E-state index is 0.362. The number of ether oxygens (including phenoxy) is 1. The Hall–Kier alpha value is -1.73. The molecule has 2 aromatic rings. The minimum Gasteiger partial charge on any atom is -0.368 e. The number of hydrogen-bond donors (Lipinski definition) is 2. The summed E-state index contributed by atoms with van der Waals surface area (Å²) < 4.78 is 10.8. The zero-order chi connectivity index (χ0) is 13.9. The van der Waals surface area contributed by atoms with Crippen LogP contribution >= 0.6 is 0 Å². The van der Waals surface area contributed by atoms with E-state index in [1.54, 1.807) is 12.5 Å². The Labute approximate surface area is 111 Å². The van der Waals surface area contributed by atoms with Crippen LogP contribution in [0.3, 0.4) is 0 Å². The van der Waals surface area contributed by atoms with Crippen molar-refractivity contribution in [1.82, 2.24) is 20.1 Å². The van der Waals surface area contributed by atoms with Gasteiger partial charge in [-0.2, -0.15) is 4.98 Å². The summed E-state index contributed by atoms with van der Waals surface area (Å²) in [7, 11) is 0. The highest BCUT2D eigenvalue weighted by Crippen LogP contribution is 2.23. The van der Waals surface area contributed by atoms with E-state index in [2.05, 4.69) is 20.1 Å². The van der Waals surface area contributed by atoms with Crippen molar-refractivity contribution in [2.45, 2.75) is 38.8 Å². The molecule has 19 heavy (non-hydrogen) atoms. The first-order chi connectivity index (χ1) is 9.03. The molecule has 0 aliphatic heterocycles. The molecule has 0 radical (unpaired) electrons. The van der Waals surface area contributed by atoms with Crippen LogP contribution in [0.25, 0.3) is 0 Å². The second-order valence-electron chi connectivity index (χ2n) is 4.79. The van der Waals surface area contributed by atoms with Crippen LogP contribution in [0.4, 0.5) is 0 Å². The van der Waals surface area contributed by atoms with E-state index < -0.39 is 5.60 Å². The van der Waals surface area contributed by atoms with Gasteiger partial charge >= 0.3 is 0 Å². The second-order valence-corrected chi connectivity index (χ2v) is 4.79. The second kappa shape index (κ2) is 5.50. The lowest BCUT2D eigenvalue weighted by molar-refractivity contribution is -0.0221. The highest BCUT2D eigenvalue weighted by Gasteiger charge is 2.28. The first kappa shape index (κ1) is 13.7. The third kappa shape index (κ3) is 3.18. The monoisotopic (exact) mass is 265 g/mol. The first-order valence-electron chi connectivity index (χ1n) is 6.23. The van der Waals surface area contributed by atoms with Gasteiger partial charge in [-0.05, 0) is 20.8 Å². The molecule has 7 heteroatoms. The summed E-state index contributed by atoms with van der Waals surface area (Å²) in [5, 5.41) is 3.94. The fourth-order valence-electron chi connectivity index (χ4n) is 1.78. The third-order valence-electron chi connectivity index (χ3n) is 2.80. The van der Waals surface area contributed by atoms with Crippen molar-refractivity contribution in [2.75, 3.05) is 6.61 Å². The van der Waals surface area contributed by atoms with Gasteiger partial charge in [0.2, 0.25) is 11.7 Å². The third-order valence-corrected chi connectivity index (χ3v) is 2.80. The van der Waals surface area contributed by atoms with Crippen molar-refractivity contribution in [3.05, 3.63) is 29.9 Å². The SMILES string of the molecule is CCOC(C)(C)c1noc([C@@H](N)Cc2cnc[nH]2)n1. The summed E-state index contributed by atoms with van der Waals surface area (Å²) in [6.07, 6.45) is 3.90. The molecule has 0 saturated carbocycles. The molecule has 2 heterocycles. The number of H-pyrrole nitrogens is 1. The largest absolute Gasteiger partial charge is 0.368 e. The summed E-state index contributed by atoms with van der Waals surface area (Å²) >= 11 is 0. The van der Waals surface area contributed by atoms with Gasteiger partial charge in [0.15, 0.2) is 0 Å². The fourth-order valence-corrected chi connectivity index (χ4v) is 1.78. The van der Waals surface area contributed by atoms with Gasteiger partial charge in [-0.1, -0.05) is 5.16 Å². The molecule has 1 atom stereocenters. The molecule has 2 aromatic heterocycles. The van der Waals surface area contributed by atoms with Crippen molar-refractivity contribution < 1.29 is 9.26 Å². The summed E-state index contributed by atoms with van der Waals surface area (Å²) in [4.78, 5) is 11.2. The quantitative estimate of drug-likeness (QED) is 0.816. The molecular weight excluding hydrogens is 246 g/mol. The Morgan fingerprint density at radius 2 is 2.32 bits per heavy atom. The van der Waals surface area contributed by atoms with Crippen LogP contribution in [0.1, 0.15) is 44.2 Å². The smallest absolute Gasteiger partial charge is 0.244 e. The molecule has 7 nitrogen and oxygen atoms in total. The number of hydrogen-bond acceptors (Lipinski definition) is 6. The Morgan fingerprint density at radius 1 is 1.53 bits per heavy atom. The van der Waals surface area contributed by atoms with Gasteiger partial charge in [-0.25, -0.2) is 4.98 Å². The molecule has 0 saturated heterocycles. The molecule has 0 aliphatic carbocycles. The Morgan fingerprint density at radius 3 is 2.95 bits per heavy atom. The normalized spacial score (nSPS) is 13.7. The molecule has 104 valence electrons. The van der Waals surface area contributed by atoms with Gasteiger partial charge in [0.25, 0.3) is 0 Å². The molecule has 3 N–H and O–H groups in total. The molecule has 2 rings (SSSR count). The zero-order valence-corrected chi connectivity index (χ0v) is 11.4. The van der Waals surface area contributed by atoms with Crippen LogP contribution < -0.4 is 5.73 Å².